The number of para-hydroxylation sites is 1. The van der Waals surface area contributed by atoms with E-state index < -0.39 is 0 Å². The Morgan fingerprint density at radius 1 is 0.893 bits per heavy atom. The normalized spacial score (nSPS) is 11.9. The summed E-state index contributed by atoms with van der Waals surface area (Å²) in [5, 5.41) is 6.12. The highest BCUT2D eigenvalue weighted by Crippen LogP contribution is 2.32. The van der Waals surface area contributed by atoms with Gasteiger partial charge < -0.3 is 20.1 Å². The van der Waals surface area contributed by atoms with Crippen LogP contribution in [0.25, 0.3) is 0 Å². The van der Waals surface area contributed by atoms with Crippen molar-refractivity contribution >= 4 is 11.6 Å². The van der Waals surface area contributed by atoms with E-state index >= 15 is 0 Å². The van der Waals surface area contributed by atoms with E-state index in [1.54, 1.807) is 12.1 Å². The van der Waals surface area contributed by atoms with Crippen molar-refractivity contribution in [3.63, 3.8) is 0 Å². The van der Waals surface area contributed by atoms with E-state index in [2.05, 4.69) is 10.6 Å². The number of anilines is 1. The fraction of sp³-hybridized carbons (Fsp3) is 0.136. The number of nitrogens with one attached hydrogen (secondary N) is 2. The first-order valence-electron chi connectivity index (χ1n) is 8.93. The Labute approximate surface area is 162 Å². The van der Waals surface area contributed by atoms with E-state index in [-0.39, 0.29) is 18.5 Å². The second-order valence-corrected chi connectivity index (χ2v) is 6.40. The van der Waals surface area contributed by atoms with Crippen LogP contribution in [0.3, 0.4) is 0 Å². The number of rotatable bonds is 6. The fourth-order valence-electron chi connectivity index (χ4n) is 3.01. The standard InChI is InChI=1S/C22H19FN2O3/c23-17-5-3-4-15(10-17)12-24-19-7-2-1-6-18(19)22(26)25-13-16-8-9-20-21(11-16)28-14-27-20/h1-11,24H,12-14H2,(H,25,26). The molecule has 1 heterocycles. The van der Waals surface area contributed by atoms with Gasteiger partial charge in [0.2, 0.25) is 6.79 Å². The van der Waals surface area contributed by atoms with Crippen LogP contribution in [0.5, 0.6) is 11.5 Å². The first kappa shape index (κ1) is 17.9. The molecule has 3 aromatic carbocycles. The van der Waals surface area contributed by atoms with Crippen LogP contribution in [-0.4, -0.2) is 12.7 Å². The SMILES string of the molecule is O=C(NCc1ccc2c(c1)OCO2)c1ccccc1NCc1cccc(F)c1. The van der Waals surface area contributed by atoms with Gasteiger partial charge in [0.05, 0.1) is 5.56 Å². The molecule has 0 radical (unpaired) electrons. The quantitative estimate of drug-likeness (QED) is 0.678. The Morgan fingerprint density at radius 2 is 1.71 bits per heavy atom. The topological polar surface area (TPSA) is 59.6 Å². The number of amides is 1. The molecular weight excluding hydrogens is 359 g/mol. The molecule has 4 rings (SSSR count). The molecule has 5 nitrogen and oxygen atoms in total. The van der Waals surface area contributed by atoms with Gasteiger partial charge in [-0.3, -0.25) is 4.79 Å². The predicted molar refractivity (Wildman–Crippen MR) is 104 cm³/mol. The van der Waals surface area contributed by atoms with Gasteiger partial charge in [-0.05, 0) is 47.5 Å². The van der Waals surface area contributed by atoms with Crippen LogP contribution in [0.1, 0.15) is 21.5 Å². The van der Waals surface area contributed by atoms with Crippen LogP contribution >= 0.6 is 0 Å². The number of carbonyl (C=O) groups excluding carboxylic acids is 1. The van der Waals surface area contributed by atoms with Crippen LogP contribution in [-0.2, 0) is 13.1 Å². The smallest absolute Gasteiger partial charge is 0.253 e. The first-order chi connectivity index (χ1) is 13.7. The van der Waals surface area contributed by atoms with Crippen LogP contribution < -0.4 is 20.1 Å². The van der Waals surface area contributed by atoms with Crippen molar-refractivity contribution in [2.24, 2.45) is 0 Å². The van der Waals surface area contributed by atoms with Crippen LogP contribution in [0, 0.1) is 5.82 Å². The number of fused-ring (bicyclic) bond motifs is 1. The van der Waals surface area contributed by atoms with Gasteiger partial charge in [-0.2, -0.15) is 0 Å². The van der Waals surface area contributed by atoms with Gasteiger partial charge in [0, 0.05) is 18.8 Å². The Hall–Kier alpha value is -3.54. The van der Waals surface area contributed by atoms with E-state index in [1.165, 1.54) is 12.1 Å². The van der Waals surface area contributed by atoms with Crippen molar-refractivity contribution in [2.45, 2.75) is 13.1 Å². The van der Waals surface area contributed by atoms with Gasteiger partial charge in [-0.1, -0.05) is 30.3 Å². The Morgan fingerprint density at radius 3 is 2.61 bits per heavy atom. The molecule has 0 spiro atoms. The fourth-order valence-corrected chi connectivity index (χ4v) is 3.01. The van der Waals surface area contributed by atoms with Crippen molar-refractivity contribution in [2.75, 3.05) is 12.1 Å². The Bertz CT molecular complexity index is 1010. The highest BCUT2D eigenvalue weighted by atomic mass is 19.1. The second-order valence-electron chi connectivity index (χ2n) is 6.40. The van der Waals surface area contributed by atoms with Gasteiger partial charge >= 0.3 is 0 Å². The van der Waals surface area contributed by atoms with Crippen LogP contribution in [0.2, 0.25) is 0 Å². The van der Waals surface area contributed by atoms with Crippen LogP contribution in [0.15, 0.2) is 66.7 Å². The van der Waals surface area contributed by atoms with Crippen molar-refractivity contribution in [3.8, 4) is 11.5 Å². The highest BCUT2D eigenvalue weighted by Gasteiger charge is 2.14. The number of benzene rings is 3. The van der Waals surface area contributed by atoms with Gasteiger partial charge in [0.25, 0.3) is 5.91 Å². The zero-order chi connectivity index (χ0) is 19.3. The highest BCUT2D eigenvalue weighted by molar-refractivity contribution is 5.99. The van der Waals surface area contributed by atoms with E-state index in [0.717, 1.165) is 11.1 Å². The summed E-state index contributed by atoms with van der Waals surface area (Å²) < 4.78 is 24.0. The molecule has 2 N–H and O–H groups in total. The maximum Gasteiger partial charge on any atom is 0.253 e. The Kier molecular flexibility index (Phi) is 5.10. The number of hydrogen-bond donors (Lipinski definition) is 2. The summed E-state index contributed by atoms with van der Waals surface area (Å²) in [5.74, 6) is 0.917. The number of halogens is 1. The predicted octanol–water partition coefficient (Wildman–Crippen LogP) is 4.10. The van der Waals surface area contributed by atoms with Crippen LogP contribution in [0.4, 0.5) is 10.1 Å². The molecule has 3 aromatic rings. The minimum Gasteiger partial charge on any atom is -0.454 e. The summed E-state index contributed by atoms with van der Waals surface area (Å²) in [4.78, 5) is 12.7. The lowest BCUT2D eigenvalue weighted by Gasteiger charge is -2.13. The van der Waals surface area contributed by atoms with Crippen molar-refractivity contribution in [1.82, 2.24) is 5.32 Å². The maximum absolute atomic E-state index is 13.3. The molecule has 0 atom stereocenters. The lowest BCUT2D eigenvalue weighted by atomic mass is 10.1. The molecule has 0 bridgehead atoms. The van der Waals surface area contributed by atoms with E-state index in [0.29, 0.717) is 35.8 Å². The minimum atomic E-state index is -0.283. The van der Waals surface area contributed by atoms with E-state index in [9.17, 15) is 9.18 Å². The molecule has 0 aliphatic carbocycles. The summed E-state index contributed by atoms with van der Waals surface area (Å²) in [6.07, 6.45) is 0. The van der Waals surface area contributed by atoms with Crippen molar-refractivity contribution in [1.29, 1.82) is 0 Å². The molecule has 0 fully saturated rings. The van der Waals surface area contributed by atoms with Crippen molar-refractivity contribution < 1.29 is 18.7 Å². The minimum absolute atomic E-state index is 0.194. The maximum atomic E-state index is 13.3. The summed E-state index contributed by atoms with van der Waals surface area (Å²) in [5.41, 5.74) is 2.94. The molecule has 0 saturated heterocycles. The zero-order valence-electron chi connectivity index (χ0n) is 15.1. The lowest BCUT2D eigenvalue weighted by Crippen LogP contribution is -2.24. The molecule has 1 amide bonds. The van der Waals surface area contributed by atoms with E-state index in [1.807, 2.05) is 42.5 Å². The summed E-state index contributed by atoms with van der Waals surface area (Å²) in [6.45, 7) is 1.01. The number of carbonyl (C=O) groups is 1. The third-order valence-electron chi connectivity index (χ3n) is 4.43. The number of ether oxygens (including phenoxy) is 2. The van der Waals surface area contributed by atoms with Gasteiger partial charge in [-0.25, -0.2) is 4.39 Å². The molecule has 1 aliphatic rings. The summed E-state index contributed by atoms with van der Waals surface area (Å²) in [6, 6.07) is 19.2. The monoisotopic (exact) mass is 378 g/mol. The molecular formula is C22H19FN2O3. The Balaban J connectivity index is 1.41. The van der Waals surface area contributed by atoms with Crippen molar-refractivity contribution in [3.05, 3.63) is 89.2 Å². The van der Waals surface area contributed by atoms with E-state index in [4.69, 9.17) is 9.47 Å². The molecule has 6 heteroatoms. The molecule has 142 valence electrons. The largest absolute Gasteiger partial charge is 0.454 e. The molecule has 0 saturated carbocycles. The summed E-state index contributed by atoms with van der Waals surface area (Å²) >= 11 is 0. The van der Waals surface area contributed by atoms with Gasteiger partial charge in [-0.15, -0.1) is 0 Å². The van der Waals surface area contributed by atoms with Gasteiger partial charge in [0.15, 0.2) is 11.5 Å². The number of hydrogen-bond acceptors (Lipinski definition) is 4. The zero-order valence-corrected chi connectivity index (χ0v) is 15.1. The lowest BCUT2D eigenvalue weighted by molar-refractivity contribution is 0.0951. The van der Waals surface area contributed by atoms with Gasteiger partial charge in [0.1, 0.15) is 5.82 Å². The average molecular weight is 378 g/mol. The first-order valence-corrected chi connectivity index (χ1v) is 8.93. The molecule has 28 heavy (non-hydrogen) atoms. The average Bonchev–Trinajstić information content (AvgIpc) is 3.18. The third-order valence-corrected chi connectivity index (χ3v) is 4.43. The third kappa shape index (κ3) is 4.06. The summed E-state index contributed by atoms with van der Waals surface area (Å²) in [7, 11) is 0. The molecule has 0 aromatic heterocycles. The molecule has 0 unspecified atom stereocenters. The molecule has 1 aliphatic heterocycles. The second kappa shape index (κ2) is 8.00.